The number of anilines is 1. The number of morpholine rings is 1. The molecule has 0 saturated carbocycles. The van der Waals surface area contributed by atoms with E-state index in [1.54, 1.807) is 0 Å². The van der Waals surface area contributed by atoms with Crippen LogP contribution in [0.2, 0.25) is 0 Å². The number of hydrogen-bond acceptors (Lipinski definition) is 7. The highest BCUT2D eigenvalue weighted by Gasteiger charge is 2.32. The third-order valence-corrected chi connectivity index (χ3v) is 8.14. The van der Waals surface area contributed by atoms with Crippen molar-refractivity contribution < 1.29 is 31.1 Å². The second-order valence-corrected chi connectivity index (χ2v) is 11.4. The minimum atomic E-state index is -4.78. The molecule has 0 radical (unpaired) electrons. The third kappa shape index (κ3) is 6.75. The van der Waals surface area contributed by atoms with E-state index in [2.05, 4.69) is 25.9 Å². The number of piperidine rings is 1. The summed E-state index contributed by atoms with van der Waals surface area (Å²) in [7, 11) is -3.18. The Morgan fingerprint density at radius 1 is 1.24 bits per heavy atom. The monoisotopic (exact) mass is 555 g/mol. The van der Waals surface area contributed by atoms with Gasteiger partial charge in [-0.2, -0.15) is 0 Å². The van der Waals surface area contributed by atoms with Crippen LogP contribution in [-0.4, -0.2) is 78.8 Å². The van der Waals surface area contributed by atoms with Crippen molar-refractivity contribution in [3.8, 4) is 0 Å². The normalized spacial score (nSPS) is 20.9. The van der Waals surface area contributed by atoms with E-state index in [9.17, 15) is 21.6 Å². The Balaban J connectivity index is 1.51. The molecule has 2 aliphatic heterocycles. The number of hydrogen-bond donors (Lipinski definition) is 0. The summed E-state index contributed by atoms with van der Waals surface area (Å²) >= 11 is 0. The molecule has 2 aromatic rings. The molecule has 0 aliphatic carbocycles. The predicted octanol–water partition coefficient (Wildman–Crippen LogP) is 3.86. The molecule has 0 bridgehead atoms. The fourth-order valence-corrected chi connectivity index (χ4v) is 5.73. The molecule has 13 heteroatoms. The number of sulfonamides is 1. The lowest BCUT2D eigenvalue weighted by Gasteiger charge is -2.37. The summed E-state index contributed by atoms with van der Waals surface area (Å²) in [4.78, 5) is 11.1. The number of aromatic nitrogens is 3. The molecule has 2 saturated heterocycles. The molecule has 4 heterocycles. The van der Waals surface area contributed by atoms with E-state index in [0.29, 0.717) is 56.7 Å². The van der Waals surface area contributed by atoms with Crippen LogP contribution in [0.5, 0.6) is 0 Å². The number of allylic oxidation sites excluding steroid dienone is 2. The van der Waals surface area contributed by atoms with Crippen LogP contribution in [0.15, 0.2) is 54.7 Å². The van der Waals surface area contributed by atoms with Crippen molar-refractivity contribution >= 4 is 26.9 Å². The SMILES string of the molecule is C=C(/C=C\C(=C/C)OC(F)(F)F)[C@H]1COCCN1c1ncnc2c1ccn2CC1CCN(S(C)(=O)=O)CC1. The smallest absolute Gasteiger partial charge is 0.406 e. The van der Waals surface area contributed by atoms with Crippen LogP contribution < -0.4 is 4.90 Å². The predicted molar refractivity (Wildman–Crippen MR) is 138 cm³/mol. The first-order valence-electron chi connectivity index (χ1n) is 12.3. The zero-order valence-electron chi connectivity index (χ0n) is 21.4. The van der Waals surface area contributed by atoms with Crippen molar-refractivity contribution in [3.05, 3.63) is 54.7 Å². The summed E-state index contributed by atoms with van der Waals surface area (Å²) in [5, 5.41) is 0.847. The van der Waals surface area contributed by atoms with E-state index in [-0.39, 0.29) is 11.8 Å². The lowest BCUT2D eigenvalue weighted by molar-refractivity contribution is -0.303. The van der Waals surface area contributed by atoms with Gasteiger partial charge in [-0.05, 0) is 49.5 Å². The summed E-state index contributed by atoms with van der Waals surface area (Å²) in [5.74, 6) is 0.690. The zero-order valence-corrected chi connectivity index (χ0v) is 22.2. The van der Waals surface area contributed by atoms with Crippen molar-refractivity contribution in [2.75, 3.05) is 44.0 Å². The van der Waals surface area contributed by atoms with Gasteiger partial charge < -0.3 is 18.9 Å². The highest BCUT2D eigenvalue weighted by Crippen LogP contribution is 2.31. The lowest BCUT2D eigenvalue weighted by Crippen LogP contribution is -2.46. The van der Waals surface area contributed by atoms with Crippen molar-refractivity contribution in [2.24, 2.45) is 5.92 Å². The molecular weight excluding hydrogens is 523 g/mol. The molecule has 0 N–H and O–H groups in total. The first-order valence-corrected chi connectivity index (χ1v) is 14.2. The van der Waals surface area contributed by atoms with Gasteiger partial charge in [0.25, 0.3) is 0 Å². The average Bonchev–Trinajstić information content (AvgIpc) is 3.28. The quantitative estimate of drug-likeness (QED) is 0.361. The average molecular weight is 556 g/mol. The minimum absolute atomic E-state index is 0.305. The summed E-state index contributed by atoms with van der Waals surface area (Å²) in [6, 6.07) is 1.61. The molecule has 2 aromatic heterocycles. The maximum atomic E-state index is 12.6. The summed E-state index contributed by atoms with van der Waals surface area (Å²) in [6.07, 6.45) is 5.44. The number of fused-ring (bicyclic) bond motifs is 1. The minimum Gasteiger partial charge on any atom is -0.406 e. The number of ether oxygens (including phenoxy) is 2. The molecule has 2 aliphatic rings. The Labute approximate surface area is 220 Å². The topological polar surface area (TPSA) is 89.8 Å². The number of alkyl halides is 3. The molecule has 0 aromatic carbocycles. The number of rotatable bonds is 8. The van der Waals surface area contributed by atoms with E-state index in [0.717, 1.165) is 23.9 Å². The van der Waals surface area contributed by atoms with Gasteiger partial charge in [-0.3, -0.25) is 0 Å². The molecule has 2 fully saturated rings. The van der Waals surface area contributed by atoms with Gasteiger partial charge in [0.15, 0.2) is 0 Å². The van der Waals surface area contributed by atoms with Crippen molar-refractivity contribution in [3.63, 3.8) is 0 Å². The van der Waals surface area contributed by atoms with Gasteiger partial charge >= 0.3 is 6.36 Å². The van der Waals surface area contributed by atoms with Crippen LogP contribution in [0.3, 0.4) is 0 Å². The Bertz CT molecular complexity index is 1310. The molecule has 4 rings (SSSR count). The highest BCUT2D eigenvalue weighted by molar-refractivity contribution is 7.88. The van der Waals surface area contributed by atoms with Crippen LogP contribution in [0.1, 0.15) is 19.8 Å². The van der Waals surface area contributed by atoms with Gasteiger partial charge in [0, 0.05) is 32.4 Å². The van der Waals surface area contributed by atoms with E-state index in [1.165, 1.54) is 42.0 Å². The van der Waals surface area contributed by atoms with Crippen molar-refractivity contribution in [1.82, 2.24) is 18.8 Å². The van der Waals surface area contributed by atoms with E-state index in [1.807, 2.05) is 17.2 Å². The second kappa shape index (κ2) is 11.5. The number of halogens is 3. The van der Waals surface area contributed by atoms with Gasteiger partial charge in [-0.1, -0.05) is 12.7 Å². The zero-order chi connectivity index (χ0) is 27.5. The van der Waals surface area contributed by atoms with Gasteiger partial charge in [-0.25, -0.2) is 22.7 Å². The summed E-state index contributed by atoms with van der Waals surface area (Å²) < 4.78 is 74.8. The molecule has 1 atom stereocenters. The Morgan fingerprint density at radius 2 is 1.97 bits per heavy atom. The van der Waals surface area contributed by atoms with Gasteiger partial charge in [0.1, 0.15) is 23.6 Å². The van der Waals surface area contributed by atoms with Gasteiger partial charge in [0.05, 0.1) is 30.9 Å². The second-order valence-electron chi connectivity index (χ2n) is 9.44. The molecular formula is C25H32F3N5O4S. The van der Waals surface area contributed by atoms with E-state index in [4.69, 9.17) is 4.74 Å². The number of nitrogens with zero attached hydrogens (tertiary/aromatic N) is 5. The van der Waals surface area contributed by atoms with Crippen LogP contribution in [-0.2, 0) is 26.0 Å². The Kier molecular flexibility index (Phi) is 8.48. The van der Waals surface area contributed by atoms with E-state index >= 15 is 0 Å². The summed E-state index contributed by atoms with van der Waals surface area (Å²) in [5.41, 5.74) is 1.32. The fraction of sp³-hybridized carbons (Fsp3) is 0.520. The third-order valence-electron chi connectivity index (χ3n) is 6.84. The van der Waals surface area contributed by atoms with Crippen LogP contribution in [0, 0.1) is 5.92 Å². The molecule has 0 unspecified atom stereocenters. The van der Waals surface area contributed by atoms with E-state index < -0.39 is 16.4 Å². The molecule has 0 spiro atoms. The Morgan fingerprint density at radius 3 is 2.63 bits per heavy atom. The molecule has 9 nitrogen and oxygen atoms in total. The van der Waals surface area contributed by atoms with Crippen LogP contribution in [0.25, 0.3) is 11.0 Å². The van der Waals surface area contributed by atoms with Crippen LogP contribution >= 0.6 is 0 Å². The standard InChI is InChI=1S/C25H32F3N5O4S/c1-4-20(37-25(26,27)28)6-5-18(2)22-16-36-14-13-33(22)24-21-9-10-31(23(21)29-17-30-24)15-19-7-11-32(12-8-19)38(3,34)35/h4-6,9-10,17,19,22H,2,7-8,11-16H2,1,3H3/b6-5-,20-4+/t22-/m1/s1. The lowest BCUT2D eigenvalue weighted by atomic mass is 9.98. The van der Waals surface area contributed by atoms with Gasteiger partial charge in [0.2, 0.25) is 10.0 Å². The van der Waals surface area contributed by atoms with Crippen LogP contribution in [0.4, 0.5) is 19.0 Å². The largest absolute Gasteiger partial charge is 0.573 e. The van der Waals surface area contributed by atoms with Crippen molar-refractivity contribution in [2.45, 2.75) is 38.7 Å². The van der Waals surface area contributed by atoms with Gasteiger partial charge in [-0.15, -0.1) is 13.2 Å². The molecule has 38 heavy (non-hydrogen) atoms. The maximum Gasteiger partial charge on any atom is 0.573 e. The molecule has 208 valence electrons. The maximum absolute atomic E-state index is 12.6. The molecule has 0 amide bonds. The highest BCUT2D eigenvalue weighted by atomic mass is 32.2. The summed E-state index contributed by atoms with van der Waals surface area (Å²) in [6.45, 7) is 8.57. The van der Waals surface area contributed by atoms with Crippen molar-refractivity contribution in [1.29, 1.82) is 0 Å². The first kappa shape index (κ1) is 28.1. The fourth-order valence-electron chi connectivity index (χ4n) is 4.86. The first-order chi connectivity index (χ1) is 18.0. The Hall–Kier alpha value is -2.90.